The van der Waals surface area contributed by atoms with E-state index in [4.69, 9.17) is 0 Å². The Balaban J connectivity index is 2.93. The van der Waals surface area contributed by atoms with Gasteiger partial charge in [-0.3, -0.25) is 4.79 Å². The van der Waals surface area contributed by atoms with E-state index in [2.05, 4.69) is 4.74 Å². The second-order valence-electron chi connectivity index (χ2n) is 4.48. The van der Waals surface area contributed by atoms with Crippen LogP contribution in [0, 0.1) is 13.8 Å². The molecule has 0 bridgehead atoms. The maximum absolute atomic E-state index is 12.3. The van der Waals surface area contributed by atoms with Crippen LogP contribution in [0.3, 0.4) is 0 Å². The van der Waals surface area contributed by atoms with E-state index < -0.39 is 16.0 Å². The molecule has 6 heteroatoms. The largest absolute Gasteiger partial charge is 0.469 e. The van der Waals surface area contributed by atoms with Gasteiger partial charge in [-0.05, 0) is 37.1 Å². The molecule has 0 aromatic heterocycles. The molecule has 0 N–H and O–H groups in total. The molecule has 0 saturated carbocycles. The van der Waals surface area contributed by atoms with Crippen molar-refractivity contribution in [2.45, 2.75) is 25.2 Å². The van der Waals surface area contributed by atoms with E-state index in [1.807, 2.05) is 19.9 Å². The smallest absolute Gasteiger partial charge is 0.306 e. The highest BCUT2D eigenvalue weighted by Gasteiger charge is 2.21. The van der Waals surface area contributed by atoms with E-state index in [0.29, 0.717) is 0 Å². The molecule has 0 radical (unpaired) electrons. The Morgan fingerprint density at radius 2 is 1.74 bits per heavy atom. The minimum Gasteiger partial charge on any atom is -0.469 e. The predicted molar refractivity (Wildman–Crippen MR) is 72.4 cm³/mol. The SMILES string of the molecule is COC(=O)CCN(C)S(=O)(=O)c1cc(C)cc(C)c1. The number of aryl methyl sites for hydroxylation is 2. The van der Waals surface area contributed by atoms with Gasteiger partial charge in [0.25, 0.3) is 0 Å². The standard InChI is InChI=1S/C13H19NO4S/c1-10-7-11(2)9-12(8-10)19(16,17)14(3)6-5-13(15)18-4/h7-9H,5-6H2,1-4H3. The first-order valence-corrected chi connectivity index (χ1v) is 7.33. The number of esters is 1. The lowest BCUT2D eigenvalue weighted by molar-refractivity contribution is -0.140. The average molecular weight is 285 g/mol. The molecule has 0 aliphatic heterocycles. The van der Waals surface area contributed by atoms with Gasteiger partial charge in [-0.2, -0.15) is 0 Å². The van der Waals surface area contributed by atoms with Crippen LogP contribution in [0.5, 0.6) is 0 Å². The molecule has 0 aliphatic rings. The van der Waals surface area contributed by atoms with Crippen LogP contribution in [0.15, 0.2) is 23.1 Å². The summed E-state index contributed by atoms with van der Waals surface area (Å²) in [6.07, 6.45) is 0.0387. The molecule has 0 fully saturated rings. The Morgan fingerprint density at radius 3 is 2.21 bits per heavy atom. The molecule has 5 nitrogen and oxygen atoms in total. The summed E-state index contributed by atoms with van der Waals surface area (Å²) in [4.78, 5) is 11.3. The summed E-state index contributed by atoms with van der Waals surface area (Å²) in [6.45, 7) is 3.79. The van der Waals surface area contributed by atoms with Crippen molar-refractivity contribution in [2.75, 3.05) is 20.7 Å². The molecule has 1 aromatic rings. The minimum absolute atomic E-state index is 0.0387. The van der Waals surface area contributed by atoms with E-state index in [1.165, 1.54) is 14.2 Å². The number of methoxy groups -OCH3 is 1. The van der Waals surface area contributed by atoms with Crippen molar-refractivity contribution in [2.24, 2.45) is 0 Å². The van der Waals surface area contributed by atoms with E-state index >= 15 is 0 Å². The molecule has 0 aliphatic carbocycles. The van der Waals surface area contributed by atoms with E-state index in [1.54, 1.807) is 12.1 Å². The van der Waals surface area contributed by atoms with Crippen LogP contribution in [0.2, 0.25) is 0 Å². The van der Waals surface area contributed by atoms with Crippen LogP contribution < -0.4 is 0 Å². The normalized spacial score (nSPS) is 11.6. The van der Waals surface area contributed by atoms with Crippen LogP contribution >= 0.6 is 0 Å². The Bertz CT molecular complexity index is 546. The molecular formula is C13H19NO4S. The van der Waals surface area contributed by atoms with Crippen LogP contribution in [0.1, 0.15) is 17.5 Å². The lowest BCUT2D eigenvalue weighted by Gasteiger charge is -2.17. The van der Waals surface area contributed by atoms with Gasteiger partial charge in [0.05, 0.1) is 18.4 Å². The van der Waals surface area contributed by atoms with E-state index in [-0.39, 0.29) is 17.9 Å². The van der Waals surface area contributed by atoms with Crippen LogP contribution in [-0.2, 0) is 19.6 Å². The number of sulfonamides is 1. The fourth-order valence-corrected chi connectivity index (χ4v) is 3.09. The number of hydrogen-bond acceptors (Lipinski definition) is 4. The van der Waals surface area contributed by atoms with E-state index in [0.717, 1.165) is 15.4 Å². The molecule has 0 spiro atoms. The molecule has 19 heavy (non-hydrogen) atoms. The van der Waals surface area contributed by atoms with Crippen molar-refractivity contribution in [3.8, 4) is 0 Å². The third kappa shape index (κ3) is 4.04. The molecule has 0 atom stereocenters. The minimum atomic E-state index is -3.56. The van der Waals surface area contributed by atoms with Crippen LogP contribution in [0.4, 0.5) is 0 Å². The van der Waals surface area contributed by atoms with Crippen molar-refractivity contribution in [3.05, 3.63) is 29.3 Å². The lowest BCUT2D eigenvalue weighted by atomic mass is 10.2. The van der Waals surface area contributed by atoms with Gasteiger partial charge >= 0.3 is 5.97 Å². The van der Waals surface area contributed by atoms with Crippen molar-refractivity contribution < 1.29 is 17.9 Å². The average Bonchev–Trinajstić information content (AvgIpc) is 2.34. The molecule has 1 rings (SSSR count). The van der Waals surface area contributed by atoms with Crippen molar-refractivity contribution in [3.63, 3.8) is 0 Å². The number of nitrogens with zero attached hydrogens (tertiary/aromatic N) is 1. The molecular weight excluding hydrogens is 266 g/mol. The number of rotatable bonds is 5. The number of carbonyl (C=O) groups excluding carboxylic acids is 1. The maximum Gasteiger partial charge on any atom is 0.306 e. The first-order valence-electron chi connectivity index (χ1n) is 5.89. The molecule has 106 valence electrons. The second-order valence-corrected chi connectivity index (χ2v) is 6.52. The Morgan fingerprint density at radius 1 is 1.21 bits per heavy atom. The van der Waals surface area contributed by atoms with Gasteiger partial charge in [0.2, 0.25) is 10.0 Å². The zero-order valence-electron chi connectivity index (χ0n) is 11.6. The summed E-state index contributed by atoms with van der Waals surface area (Å²) in [5.74, 6) is -0.428. The van der Waals surface area contributed by atoms with E-state index in [9.17, 15) is 13.2 Å². The summed E-state index contributed by atoms with van der Waals surface area (Å²) in [5.41, 5.74) is 1.78. The zero-order chi connectivity index (χ0) is 14.6. The summed E-state index contributed by atoms with van der Waals surface area (Å²) < 4.78 is 30.3. The molecule has 0 saturated heterocycles. The quantitative estimate of drug-likeness (QED) is 0.769. The molecule has 0 unspecified atom stereocenters. The topological polar surface area (TPSA) is 63.7 Å². The zero-order valence-corrected chi connectivity index (χ0v) is 12.5. The lowest BCUT2D eigenvalue weighted by Crippen LogP contribution is -2.29. The first kappa shape index (κ1) is 15.7. The number of ether oxygens (including phenoxy) is 1. The van der Waals surface area contributed by atoms with Crippen molar-refractivity contribution >= 4 is 16.0 Å². The summed E-state index contributed by atoms with van der Waals surface area (Å²) >= 11 is 0. The maximum atomic E-state index is 12.3. The molecule has 0 amide bonds. The molecule has 1 aromatic carbocycles. The van der Waals surface area contributed by atoms with Crippen molar-refractivity contribution in [1.29, 1.82) is 0 Å². The number of hydrogen-bond donors (Lipinski definition) is 0. The monoisotopic (exact) mass is 285 g/mol. The summed E-state index contributed by atoms with van der Waals surface area (Å²) in [6, 6.07) is 5.15. The summed E-state index contributed by atoms with van der Waals surface area (Å²) in [5, 5.41) is 0. The Kier molecular flexibility index (Phi) is 5.08. The fourth-order valence-electron chi connectivity index (χ4n) is 1.73. The second kappa shape index (κ2) is 6.16. The molecule has 0 heterocycles. The third-order valence-electron chi connectivity index (χ3n) is 2.76. The van der Waals surface area contributed by atoms with Gasteiger partial charge in [0, 0.05) is 13.6 Å². The predicted octanol–water partition coefficient (Wildman–Crippen LogP) is 1.49. The van der Waals surface area contributed by atoms with Gasteiger partial charge in [-0.15, -0.1) is 0 Å². The van der Waals surface area contributed by atoms with Gasteiger partial charge in [0.15, 0.2) is 0 Å². The number of benzene rings is 1. The van der Waals surface area contributed by atoms with Gasteiger partial charge in [-0.25, -0.2) is 12.7 Å². The fraction of sp³-hybridized carbons (Fsp3) is 0.462. The highest BCUT2D eigenvalue weighted by molar-refractivity contribution is 7.89. The van der Waals surface area contributed by atoms with Crippen molar-refractivity contribution in [1.82, 2.24) is 4.31 Å². The summed E-state index contributed by atoms with van der Waals surface area (Å²) in [7, 11) is -0.829. The van der Waals surface area contributed by atoms with Gasteiger partial charge in [-0.1, -0.05) is 6.07 Å². The third-order valence-corrected chi connectivity index (χ3v) is 4.60. The van der Waals surface area contributed by atoms with Gasteiger partial charge < -0.3 is 4.74 Å². The highest BCUT2D eigenvalue weighted by atomic mass is 32.2. The number of carbonyl (C=O) groups is 1. The Labute approximate surface area is 114 Å². The van der Waals surface area contributed by atoms with Gasteiger partial charge in [0.1, 0.15) is 0 Å². The first-order chi connectivity index (χ1) is 8.77. The highest BCUT2D eigenvalue weighted by Crippen LogP contribution is 2.18. The van der Waals surface area contributed by atoms with Crippen LogP contribution in [-0.4, -0.2) is 39.4 Å². The Hall–Kier alpha value is -1.40. The van der Waals surface area contributed by atoms with Crippen LogP contribution in [0.25, 0.3) is 0 Å².